The van der Waals surface area contributed by atoms with Crippen LogP contribution in [0.15, 0.2) is 139 Å². The van der Waals surface area contributed by atoms with Crippen molar-refractivity contribution in [3.8, 4) is 0 Å². The number of rotatable bonds is 12. The quantitative estimate of drug-likeness (QED) is 0.0496. The number of aliphatic hydroxyl groups is 1. The summed E-state index contributed by atoms with van der Waals surface area (Å²) in [5, 5.41) is 18.9. The molecule has 1 fully saturated rings. The molecule has 1 aliphatic rings. The molecule has 0 aromatic heterocycles. The van der Waals surface area contributed by atoms with Gasteiger partial charge < -0.3 is 24.1 Å². The fraction of sp³-hybridized carbons (Fsp3) is 0.275. The standard InChI is InChI=1S/C40H41N3O6Si/c1-40(2,50(46,32-18-8-4-9-19-32)33-20-10-5-11-21-33)25-24-34-36(44)37(49-38(45)30-15-6-3-7-16-30)35(42-43-41)39(48-34)47-27-28-22-23-29-14-12-13-17-31(29)26-28/h3-23,26,34-37,39,44,46H,24-25,27H2,1-2H3/t34?,35?,36-,37-,39-/m1/s1. The van der Waals surface area contributed by atoms with Crippen molar-refractivity contribution in [1.29, 1.82) is 0 Å². The maximum Gasteiger partial charge on any atom is 0.338 e. The lowest BCUT2D eigenvalue weighted by Gasteiger charge is -2.45. The first-order valence-electron chi connectivity index (χ1n) is 16.8. The lowest BCUT2D eigenvalue weighted by Crippen LogP contribution is -2.65. The fourth-order valence-electron chi connectivity index (χ4n) is 6.86. The van der Waals surface area contributed by atoms with Crippen molar-refractivity contribution in [3.63, 3.8) is 0 Å². The van der Waals surface area contributed by atoms with Gasteiger partial charge in [0.1, 0.15) is 18.2 Å². The van der Waals surface area contributed by atoms with E-state index in [4.69, 9.17) is 14.2 Å². The van der Waals surface area contributed by atoms with E-state index in [-0.39, 0.29) is 6.61 Å². The Morgan fingerprint density at radius 1 is 0.860 bits per heavy atom. The number of hydrogen-bond donors (Lipinski definition) is 2. The average molecular weight is 688 g/mol. The zero-order valence-corrected chi connectivity index (χ0v) is 29.1. The summed E-state index contributed by atoms with van der Waals surface area (Å²) in [5.74, 6) is -0.669. The van der Waals surface area contributed by atoms with E-state index < -0.39 is 50.0 Å². The molecule has 5 aromatic carbocycles. The van der Waals surface area contributed by atoms with Crippen LogP contribution in [0.5, 0.6) is 0 Å². The first kappa shape index (κ1) is 35.0. The van der Waals surface area contributed by atoms with Crippen molar-refractivity contribution in [1.82, 2.24) is 0 Å². The van der Waals surface area contributed by atoms with E-state index in [0.29, 0.717) is 18.4 Å². The molecule has 0 radical (unpaired) electrons. The van der Waals surface area contributed by atoms with E-state index in [9.17, 15) is 20.2 Å². The Balaban J connectivity index is 1.29. The minimum atomic E-state index is -3.37. The molecule has 9 nitrogen and oxygen atoms in total. The topological polar surface area (TPSA) is 134 Å². The average Bonchev–Trinajstić information content (AvgIpc) is 3.16. The monoisotopic (exact) mass is 687 g/mol. The molecule has 0 bridgehead atoms. The number of benzene rings is 5. The van der Waals surface area contributed by atoms with Crippen LogP contribution in [0.2, 0.25) is 5.04 Å². The molecule has 256 valence electrons. The maximum atomic E-state index is 13.3. The van der Waals surface area contributed by atoms with E-state index >= 15 is 0 Å². The third-order valence-corrected chi connectivity index (χ3v) is 14.3. The van der Waals surface area contributed by atoms with E-state index in [0.717, 1.165) is 26.7 Å². The van der Waals surface area contributed by atoms with Crippen LogP contribution in [0.1, 0.15) is 42.6 Å². The molecule has 1 saturated heterocycles. The lowest BCUT2D eigenvalue weighted by atomic mass is 9.92. The Bertz CT molecular complexity index is 1900. The number of esters is 1. The largest absolute Gasteiger partial charge is 0.455 e. The smallest absolute Gasteiger partial charge is 0.338 e. The van der Waals surface area contributed by atoms with Gasteiger partial charge in [-0.1, -0.05) is 134 Å². The van der Waals surface area contributed by atoms with E-state index in [2.05, 4.69) is 10.0 Å². The zero-order chi connectivity index (χ0) is 35.1. The third-order valence-electron chi connectivity index (χ3n) is 9.72. The number of aliphatic hydroxyl groups excluding tert-OH is 1. The predicted molar refractivity (Wildman–Crippen MR) is 195 cm³/mol. The van der Waals surface area contributed by atoms with Gasteiger partial charge in [-0.15, -0.1) is 0 Å². The molecular formula is C40H41N3O6Si. The van der Waals surface area contributed by atoms with E-state index in [1.54, 1.807) is 30.3 Å². The highest BCUT2D eigenvalue weighted by molar-refractivity contribution is 6.98. The second kappa shape index (κ2) is 15.4. The Morgan fingerprint density at radius 3 is 2.06 bits per heavy atom. The van der Waals surface area contributed by atoms with E-state index in [1.807, 2.05) is 117 Å². The van der Waals surface area contributed by atoms with Crippen LogP contribution in [0.4, 0.5) is 0 Å². The van der Waals surface area contributed by atoms with Gasteiger partial charge in [0.25, 0.3) is 8.32 Å². The Kier molecular flexibility index (Phi) is 10.8. The van der Waals surface area contributed by atoms with E-state index in [1.165, 1.54) is 0 Å². The Morgan fingerprint density at radius 2 is 1.44 bits per heavy atom. The van der Waals surface area contributed by atoms with Crippen molar-refractivity contribution in [2.45, 2.75) is 69.0 Å². The van der Waals surface area contributed by atoms with Crippen LogP contribution < -0.4 is 10.4 Å². The molecule has 2 unspecified atom stereocenters. The van der Waals surface area contributed by atoms with Crippen molar-refractivity contribution in [3.05, 3.63) is 155 Å². The summed E-state index contributed by atoms with van der Waals surface area (Å²) in [7, 11) is -3.37. The van der Waals surface area contributed by atoms with Crippen LogP contribution in [0, 0.1) is 0 Å². The predicted octanol–water partition coefficient (Wildman–Crippen LogP) is 6.66. The fourth-order valence-corrected chi connectivity index (χ4v) is 10.6. The number of hydrogen-bond acceptors (Lipinski definition) is 7. The molecule has 0 saturated carbocycles. The summed E-state index contributed by atoms with van der Waals surface area (Å²) < 4.78 is 18.6. The van der Waals surface area contributed by atoms with Crippen LogP contribution >= 0.6 is 0 Å². The first-order chi connectivity index (χ1) is 24.2. The van der Waals surface area contributed by atoms with Crippen molar-refractivity contribution in [2.75, 3.05) is 0 Å². The molecule has 6 rings (SSSR count). The summed E-state index contributed by atoms with van der Waals surface area (Å²) in [5.41, 5.74) is 10.7. The molecule has 5 aromatic rings. The molecular weight excluding hydrogens is 647 g/mol. The summed E-state index contributed by atoms with van der Waals surface area (Å²) >= 11 is 0. The molecule has 50 heavy (non-hydrogen) atoms. The third kappa shape index (κ3) is 7.36. The van der Waals surface area contributed by atoms with Gasteiger partial charge in [0.15, 0.2) is 6.29 Å². The summed E-state index contributed by atoms with van der Waals surface area (Å²) in [6.07, 6.45) is -3.88. The van der Waals surface area contributed by atoms with Crippen molar-refractivity contribution >= 4 is 35.4 Å². The van der Waals surface area contributed by atoms with Gasteiger partial charge >= 0.3 is 5.97 Å². The second-order valence-corrected chi connectivity index (χ2v) is 17.3. The van der Waals surface area contributed by atoms with Gasteiger partial charge in [-0.3, -0.25) is 0 Å². The Hall–Kier alpha value is -4.80. The van der Waals surface area contributed by atoms with Gasteiger partial charge in [0, 0.05) is 4.91 Å². The number of carbonyl (C=O) groups is 1. The van der Waals surface area contributed by atoms with Crippen molar-refractivity contribution in [2.24, 2.45) is 5.11 Å². The molecule has 2 N–H and O–H groups in total. The van der Waals surface area contributed by atoms with Crippen LogP contribution in [0.3, 0.4) is 0 Å². The molecule has 5 atom stereocenters. The summed E-state index contributed by atoms with van der Waals surface area (Å²) in [6, 6.07) is 40.7. The maximum absolute atomic E-state index is 13.3. The number of ether oxygens (including phenoxy) is 3. The molecule has 0 amide bonds. The lowest BCUT2D eigenvalue weighted by molar-refractivity contribution is -0.264. The summed E-state index contributed by atoms with van der Waals surface area (Å²) in [4.78, 5) is 29.0. The number of nitrogens with zero attached hydrogens (tertiary/aromatic N) is 3. The normalized spacial score (nSPS) is 20.9. The molecule has 1 aliphatic heterocycles. The molecule has 0 aliphatic carbocycles. The van der Waals surface area contributed by atoms with Gasteiger partial charge in [-0.2, -0.15) is 0 Å². The van der Waals surface area contributed by atoms with Gasteiger partial charge in [0.05, 0.1) is 18.3 Å². The molecule has 10 heteroatoms. The number of fused-ring (bicyclic) bond motifs is 1. The highest BCUT2D eigenvalue weighted by Crippen LogP contribution is 2.42. The Labute approximate surface area is 292 Å². The summed E-state index contributed by atoms with van der Waals surface area (Å²) in [6.45, 7) is 4.20. The highest BCUT2D eigenvalue weighted by atomic mass is 28.4. The highest BCUT2D eigenvalue weighted by Gasteiger charge is 2.52. The van der Waals surface area contributed by atoms with Crippen LogP contribution in [0.25, 0.3) is 21.2 Å². The SMILES string of the molecule is CC(C)(CCC1O[C@@H](OCc2ccc3ccccc3c2)C(N=[N+]=[N-])[C@@H](OC(=O)c2ccccc2)[C@@H]1O)[Si](O)(c1ccccc1)c1ccccc1. The van der Waals surface area contributed by atoms with Crippen LogP contribution in [-0.2, 0) is 20.8 Å². The first-order valence-corrected chi connectivity index (χ1v) is 18.7. The van der Waals surface area contributed by atoms with Gasteiger partial charge in [-0.05, 0) is 68.3 Å². The number of carbonyl (C=O) groups excluding carboxylic acids is 1. The zero-order valence-electron chi connectivity index (χ0n) is 28.1. The minimum absolute atomic E-state index is 0.120. The number of azide groups is 1. The minimum Gasteiger partial charge on any atom is -0.455 e. The molecule has 1 heterocycles. The molecule has 0 spiro atoms. The second-order valence-electron chi connectivity index (χ2n) is 13.3. The van der Waals surface area contributed by atoms with Crippen molar-refractivity contribution < 1.29 is 28.9 Å². The van der Waals surface area contributed by atoms with Crippen LogP contribution in [-0.4, -0.2) is 54.8 Å². The van der Waals surface area contributed by atoms with Gasteiger partial charge in [0.2, 0.25) is 0 Å². The van der Waals surface area contributed by atoms with Gasteiger partial charge in [-0.25, -0.2) is 4.79 Å².